The van der Waals surface area contributed by atoms with Gasteiger partial charge in [0.2, 0.25) is 5.91 Å². The van der Waals surface area contributed by atoms with Gasteiger partial charge in [-0.3, -0.25) is 9.78 Å². The summed E-state index contributed by atoms with van der Waals surface area (Å²) in [6.45, 7) is 0.875. The van der Waals surface area contributed by atoms with Gasteiger partial charge in [-0.1, -0.05) is 17.7 Å². The number of amides is 1. The molecule has 0 fully saturated rings. The lowest BCUT2D eigenvalue weighted by Crippen LogP contribution is -2.27. The van der Waals surface area contributed by atoms with Gasteiger partial charge >= 0.3 is 0 Å². The third-order valence-electron chi connectivity index (χ3n) is 2.47. The lowest BCUT2D eigenvalue weighted by molar-refractivity contribution is -0.115. The predicted octanol–water partition coefficient (Wildman–Crippen LogP) is 2.46. The molecule has 0 unspecified atom stereocenters. The van der Waals surface area contributed by atoms with Crippen LogP contribution < -0.4 is 10.6 Å². The van der Waals surface area contributed by atoms with E-state index >= 15 is 0 Å². The first-order valence-electron chi connectivity index (χ1n) is 5.89. The van der Waals surface area contributed by atoms with Crippen LogP contribution in [0.4, 0.5) is 5.69 Å². The van der Waals surface area contributed by atoms with Crippen LogP contribution in [-0.4, -0.2) is 17.4 Å². The highest BCUT2D eigenvalue weighted by molar-refractivity contribution is 6.30. The molecule has 1 aromatic heterocycles. The quantitative estimate of drug-likeness (QED) is 0.881. The fourth-order valence-electron chi connectivity index (χ4n) is 1.59. The Kier molecular flexibility index (Phi) is 4.89. The minimum absolute atomic E-state index is 0.101. The lowest BCUT2D eigenvalue weighted by Gasteiger charge is -2.07. The highest BCUT2D eigenvalue weighted by atomic mass is 35.5. The van der Waals surface area contributed by atoms with E-state index in [1.165, 1.54) is 0 Å². The Bertz CT molecular complexity index is 545. The van der Waals surface area contributed by atoms with Gasteiger partial charge in [-0.05, 0) is 35.9 Å². The molecule has 0 aliphatic rings. The molecule has 0 bridgehead atoms. The molecule has 0 spiro atoms. The molecule has 1 amide bonds. The van der Waals surface area contributed by atoms with Crippen LogP contribution >= 0.6 is 11.6 Å². The van der Waals surface area contributed by atoms with Gasteiger partial charge in [0.25, 0.3) is 0 Å². The van der Waals surface area contributed by atoms with E-state index in [2.05, 4.69) is 15.6 Å². The second-order valence-electron chi connectivity index (χ2n) is 4.02. The maximum Gasteiger partial charge on any atom is 0.238 e. The second-order valence-corrected chi connectivity index (χ2v) is 4.45. The number of nitrogens with zero attached hydrogens (tertiary/aromatic N) is 1. The van der Waals surface area contributed by atoms with Gasteiger partial charge in [0, 0.05) is 29.6 Å². The molecule has 0 aliphatic carbocycles. The number of hydrogen-bond donors (Lipinski definition) is 2. The van der Waals surface area contributed by atoms with Crippen molar-refractivity contribution in [3.8, 4) is 0 Å². The molecule has 1 heterocycles. The molecular formula is C14H14ClN3O. The summed E-state index contributed by atoms with van der Waals surface area (Å²) in [5, 5.41) is 6.43. The monoisotopic (exact) mass is 275 g/mol. The average Bonchev–Trinajstić information content (AvgIpc) is 2.40. The zero-order chi connectivity index (χ0) is 13.5. The van der Waals surface area contributed by atoms with E-state index < -0.39 is 0 Å². The van der Waals surface area contributed by atoms with Gasteiger partial charge in [0.05, 0.1) is 6.54 Å². The molecule has 1 aromatic carbocycles. The summed E-state index contributed by atoms with van der Waals surface area (Å²) in [5.41, 5.74) is 1.79. The summed E-state index contributed by atoms with van der Waals surface area (Å²) in [7, 11) is 0. The van der Waals surface area contributed by atoms with Gasteiger partial charge < -0.3 is 10.6 Å². The Morgan fingerprint density at radius 3 is 2.74 bits per heavy atom. The van der Waals surface area contributed by atoms with Crippen LogP contribution in [0, 0.1) is 0 Å². The zero-order valence-electron chi connectivity index (χ0n) is 10.3. The maximum absolute atomic E-state index is 11.7. The summed E-state index contributed by atoms with van der Waals surface area (Å²) >= 11 is 5.84. The van der Waals surface area contributed by atoms with E-state index in [9.17, 15) is 4.79 Å². The molecule has 5 heteroatoms. The van der Waals surface area contributed by atoms with E-state index in [0.717, 1.165) is 5.56 Å². The zero-order valence-corrected chi connectivity index (χ0v) is 11.0. The van der Waals surface area contributed by atoms with Crippen molar-refractivity contribution < 1.29 is 4.79 Å². The number of benzene rings is 1. The molecule has 98 valence electrons. The van der Waals surface area contributed by atoms with Crippen LogP contribution in [0.15, 0.2) is 48.8 Å². The predicted molar refractivity (Wildman–Crippen MR) is 76.0 cm³/mol. The smallest absolute Gasteiger partial charge is 0.238 e. The molecule has 0 radical (unpaired) electrons. The molecule has 0 saturated heterocycles. The van der Waals surface area contributed by atoms with E-state index in [1.807, 2.05) is 12.1 Å². The van der Waals surface area contributed by atoms with Crippen molar-refractivity contribution >= 4 is 23.2 Å². The standard InChI is InChI=1S/C14H14ClN3O/c15-12-2-1-3-13(8-12)18-14(19)10-17-9-11-4-6-16-7-5-11/h1-8,17H,9-10H2,(H,18,19). The molecule has 2 N–H and O–H groups in total. The average molecular weight is 276 g/mol. The molecule has 0 saturated carbocycles. The number of nitrogens with one attached hydrogen (secondary N) is 2. The first-order chi connectivity index (χ1) is 9.24. The summed E-state index contributed by atoms with van der Waals surface area (Å²) < 4.78 is 0. The van der Waals surface area contributed by atoms with E-state index in [4.69, 9.17) is 11.6 Å². The normalized spacial score (nSPS) is 10.2. The van der Waals surface area contributed by atoms with Gasteiger partial charge in [0.1, 0.15) is 0 Å². The van der Waals surface area contributed by atoms with Gasteiger partial charge in [0.15, 0.2) is 0 Å². The maximum atomic E-state index is 11.7. The first kappa shape index (κ1) is 13.5. The van der Waals surface area contributed by atoms with Crippen molar-refractivity contribution in [2.75, 3.05) is 11.9 Å². The molecule has 0 atom stereocenters. The van der Waals surface area contributed by atoms with Crippen LogP contribution in [0.3, 0.4) is 0 Å². The van der Waals surface area contributed by atoms with Gasteiger partial charge in [-0.25, -0.2) is 0 Å². The number of pyridine rings is 1. The van der Waals surface area contributed by atoms with Crippen LogP contribution in [0.1, 0.15) is 5.56 Å². The highest BCUT2D eigenvalue weighted by Gasteiger charge is 2.02. The second kappa shape index (κ2) is 6.87. The van der Waals surface area contributed by atoms with Crippen LogP contribution in [0.2, 0.25) is 5.02 Å². The van der Waals surface area contributed by atoms with Crippen LogP contribution in [0.5, 0.6) is 0 Å². The molecule has 4 nitrogen and oxygen atoms in total. The molecule has 0 aliphatic heterocycles. The van der Waals surface area contributed by atoms with Crippen molar-refractivity contribution in [2.24, 2.45) is 0 Å². The number of halogens is 1. The number of rotatable bonds is 5. The van der Waals surface area contributed by atoms with Crippen molar-refractivity contribution in [3.63, 3.8) is 0 Å². The minimum atomic E-state index is -0.101. The van der Waals surface area contributed by atoms with Crippen molar-refractivity contribution in [2.45, 2.75) is 6.54 Å². The Labute approximate surface area is 116 Å². The number of hydrogen-bond acceptors (Lipinski definition) is 3. The van der Waals surface area contributed by atoms with E-state index in [-0.39, 0.29) is 12.5 Å². The molecule has 2 rings (SSSR count). The topological polar surface area (TPSA) is 54.0 Å². The number of aromatic nitrogens is 1. The Morgan fingerprint density at radius 1 is 1.21 bits per heavy atom. The molecular weight excluding hydrogens is 262 g/mol. The fraction of sp³-hybridized carbons (Fsp3) is 0.143. The number of anilines is 1. The van der Waals surface area contributed by atoms with E-state index in [0.29, 0.717) is 17.3 Å². The summed E-state index contributed by atoms with van der Waals surface area (Å²) in [6, 6.07) is 10.9. The third kappa shape index (κ3) is 4.69. The Balaban J connectivity index is 1.76. The number of carbonyl (C=O) groups is 1. The Hall–Kier alpha value is -1.91. The van der Waals surface area contributed by atoms with Crippen LogP contribution in [-0.2, 0) is 11.3 Å². The Morgan fingerprint density at radius 2 is 2.00 bits per heavy atom. The minimum Gasteiger partial charge on any atom is -0.325 e. The lowest BCUT2D eigenvalue weighted by atomic mass is 10.3. The van der Waals surface area contributed by atoms with Crippen LogP contribution in [0.25, 0.3) is 0 Å². The molecule has 19 heavy (non-hydrogen) atoms. The molecule has 2 aromatic rings. The number of carbonyl (C=O) groups excluding carboxylic acids is 1. The largest absolute Gasteiger partial charge is 0.325 e. The first-order valence-corrected chi connectivity index (χ1v) is 6.27. The summed E-state index contributed by atoms with van der Waals surface area (Å²) in [5.74, 6) is -0.101. The summed E-state index contributed by atoms with van der Waals surface area (Å²) in [6.07, 6.45) is 3.45. The fourth-order valence-corrected chi connectivity index (χ4v) is 1.78. The van der Waals surface area contributed by atoms with Gasteiger partial charge in [-0.15, -0.1) is 0 Å². The van der Waals surface area contributed by atoms with Crippen molar-refractivity contribution in [1.29, 1.82) is 0 Å². The van der Waals surface area contributed by atoms with Crippen molar-refractivity contribution in [3.05, 3.63) is 59.4 Å². The van der Waals surface area contributed by atoms with E-state index in [1.54, 1.807) is 36.7 Å². The SMILES string of the molecule is O=C(CNCc1ccncc1)Nc1cccc(Cl)c1. The van der Waals surface area contributed by atoms with Crippen molar-refractivity contribution in [1.82, 2.24) is 10.3 Å². The highest BCUT2D eigenvalue weighted by Crippen LogP contribution is 2.14. The third-order valence-corrected chi connectivity index (χ3v) is 2.71. The summed E-state index contributed by atoms with van der Waals surface area (Å²) in [4.78, 5) is 15.6. The van der Waals surface area contributed by atoms with Gasteiger partial charge in [-0.2, -0.15) is 0 Å².